The lowest BCUT2D eigenvalue weighted by Crippen LogP contribution is -2.51. The minimum atomic E-state index is 0.0335. The van der Waals surface area contributed by atoms with Crippen molar-refractivity contribution in [2.75, 3.05) is 11.5 Å². The SMILES string of the molecule is CC12CCC3C(CCC4=CC5(CCC43C)SCCS5)C1CCC2=O. The highest BCUT2D eigenvalue weighted by Crippen LogP contribution is 2.67. The average molecular weight is 363 g/mol. The Balaban J connectivity index is 1.48. The number of allylic oxidation sites excluding steroid dienone is 1. The van der Waals surface area contributed by atoms with E-state index in [0.29, 0.717) is 21.2 Å². The van der Waals surface area contributed by atoms with Crippen LogP contribution >= 0.6 is 23.5 Å². The molecule has 3 heteroatoms. The Morgan fingerprint density at radius 3 is 2.46 bits per heavy atom. The van der Waals surface area contributed by atoms with Gasteiger partial charge >= 0.3 is 0 Å². The largest absolute Gasteiger partial charge is 0.299 e. The smallest absolute Gasteiger partial charge is 0.139 e. The topological polar surface area (TPSA) is 17.1 Å². The van der Waals surface area contributed by atoms with Crippen LogP contribution in [0.15, 0.2) is 11.6 Å². The summed E-state index contributed by atoms with van der Waals surface area (Å²) >= 11 is 4.41. The quantitative estimate of drug-likeness (QED) is 0.515. The molecule has 0 aromatic rings. The molecule has 0 aromatic carbocycles. The minimum absolute atomic E-state index is 0.0335. The minimum Gasteiger partial charge on any atom is -0.299 e. The molecule has 1 saturated heterocycles. The van der Waals surface area contributed by atoms with Crippen molar-refractivity contribution in [2.45, 2.75) is 69.3 Å². The first-order chi connectivity index (χ1) is 11.5. The molecule has 4 fully saturated rings. The number of carbonyl (C=O) groups excluding carboxylic acids is 1. The maximum Gasteiger partial charge on any atom is 0.139 e. The van der Waals surface area contributed by atoms with Gasteiger partial charge in [0.15, 0.2) is 0 Å². The highest BCUT2D eigenvalue weighted by molar-refractivity contribution is 8.21. The third kappa shape index (κ3) is 2.06. The second-order valence-electron chi connectivity index (χ2n) is 9.43. The van der Waals surface area contributed by atoms with Crippen molar-refractivity contribution < 1.29 is 4.79 Å². The van der Waals surface area contributed by atoms with E-state index in [1.807, 2.05) is 0 Å². The van der Waals surface area contributed by atoms with Crippen LogP contribution in [0.5, 0.6) is 0 Å². The van der Waals surface area contributed by atoms with Crippen LogP contribution in [0.1, 0.15) is 65.2 Å². The Kier molecular flexibility index (Phi) is 3.61. The molecule has 0 radical (unpaired) electrons. The van der Waals surface area contributed by atoms with Crippen molar-refractivity contribution in [3.05, 3.63) is 11.6 Å². The maximum absolute atomic E-state index is 12.5. The van der Waals surface area contributed by atoms with E-state index in [-0.39, 0.29) is 5.41 Å². The molecule has 3 saturated carbocycles. The Morgan fingerprint density at radius 2 is 1.67 bits per heavy atom. The van der Waals surface area contributed by atoms with E-state index in [1.54, 1.807) is 5.57 Å². The van der Waals surface area contributed by atoms with Gasteiger partial charge in [-0.3, -0.25) is 4.79 Å². The van der Waals surface area contributed by atoms with E-state index in [1.165, 1.54) is 50.0 Å². The number of ketones is 1. The molecule has 132 valence electrons. The lowest BCUT2D eigenvalue weighted by atomic mass is 9.47. The van der Waals surface area contributed by atoms with Gasteiger partial charge < -0.3 is 0 Å². The molecular formula is C21H30OS2. The van der Waals surface area contributed by atoms with E-state index in [9.17, 15) is 4.79 Å². The number of hydrogen-bond donors (Lipinski definition) is 0. The highest BCUT2D eigenvalue weighted by Gasteiger charge is 2.59. The molecular weight excluding hydrogens is 332 g/mol. The summed E-state index contributed by atoms with van der Waals surface area (Å²) in [6.07, 6.45) is 12.6. The third-order valence-electron chi connectivity index (χ3n) is 8.61. The molecule has 0 bridgehead atoms. The molecule has 24 heavy (non-hydrogen) atoms. The molecule has 5 unspecified atom stereocenters. The summed E-state index contributed by atoms with van der Waals surface area (Å²) in [6.45, 7) is 4.89. The summed E-state index contributed by atoms with van der Waals surface area (Å²) in [6, 6.07) is 0. The Labute approximate surface area is 155 Å². The number of carbonyl (C=O) groups is 1. The first-order valence-electron chi connectivity index (χ1n) is 10.0. The van der Waals surface area contributed by atoms with Gasteiger partial charge in [-0.2, -0.15) is 0 Å². The van der Waals surface area contributed by atoms with Crippen molar-refractivity contribution in [3.63, 3.8) is 0 Å². The monoisotopic (exact) mass is 362 g/mol. The van der Waals surface area contributed by atoms with Crippen molar-refractivity contribution in [1.29, 1.82) is 0 Å². The molecule has 5 atom stereocenters. The second kappa shape index (κ2) is 5.31. The predicted octanol–water partition coefficient (Wildman–Crippen LogP) is 5.69. The highest BCUT2D eigenvalue weighted by atomic mass is 32.2. The fourth-order valence-corrected chi connectivity index (χ4v) is 10.3. The molecule has 4 aliphatic carbocycles. The number of hydrogen-bond acceptors (Lipinski definition) is 3. The van der Waals surface area contributed by atoms with Gasteiger partial charge in [0.1, 0.15) is 5.78 Å². The first kappa shape index (κ1) is 16.3. The number of rotatable bonds is 0. The van der Waals surface area contributed by atoms with Crippen molar-refractivity contribution in [3.8, 4) is 0 Å². The van der Waals surface area contributed by atoms with Gasteiger partial charge in [-0.1, -0.05) is 25.5 Å². The zero-order chi connectivity index (χ0) is 16.6. The standard InChI is InChI=1S/C21H30OS2/c1-19-9-10-21(23-11-12-24-21)13-14(19)3-4-15-16-5-6-18(22)20(16,2)8-7-17(15)19/h13,15-17H,3-12H2,1-2H3. The third-order valence-corrected chi connectivity index (χ3v) is 12.0. The number of Topliss-reactive ketones (excluding diaryl/α,β-unsaturated/α-hetero) is 1. The van der Waals surface area contributed by atoms with Crippen molar-refractivity contribution >= 4 is 29.3 Å². The number of fused-ring (bicyclic) bond motifs is 5. The fraction of sp³-hybridized carbons (Fsp3) is 0.857. The molecule has 1 aliphatic heterocycles. The zero-order valence-electron chi connectivity index (χ0n) is 15.1. The Hall–Kier alpha value is 0.110. The fourth-order valence-electron chi connectivity index (χ4n) is 7.15. The van der Waals surface area contributed by atoms with Crippen molar-refractivity contribution in [1.82, 2.24) is 0 Å². The summed E-state index contributed by atoms with van der Waals surface area (Å²) < 4.78 is 0.425. The van der Waals surface area contributed by atoms with Gasteiger partial charge in [0.05, 0.1) is 4.08 Å². The predicted molar refractivity (Wildman–Crippen MR) is 104 cm³/mol. The molecule has 1 nitrogen and oxygen atoms in total. The van der Waals surface area contributed by atoms with Crippen LogP contribution in [-0.4, -0.2) is 21.4 Å². The van der Waals surface area contributed by atoms with Gasteiger partial charge in [-0.05, 0) is 68.1 Å². The normalized spacial score (nSPS) is 49.5. The van der Waals surface area contributed by atoms with E-state index in [0.717, 1.165) is 24.7 Å². The summed E-state index contributed by atoms with van der Waals surface area (Å²) in [5.41, 5.74) is 2.27. The summed E-state index contributed by atoms with van der Waals surface area (Å²) in [4.78, 5) is 12.5. The molecule has 5 rings (SSSR count). The van der Waals surface area contributed by atoms with Crippen LogP contribution in [0, 0.1) is 28.6 Å². The molecule has 0 N–H and O–H groups in total. The molecule has 1 spiro atoms. The first-order valence-corrected chi connectivity index (χ1v) is 12.0. The van der Waals surface area contributed by atoms with E-state index in [2.05, 4.69) is 43.4 Å². The Bertz CT molecular complexity index is 605. The van der Waals surface area contributed by atoms with E-state index in [4.69, 9.17) is 0 Å². The molecule has 5 aliphatic rings. The van der Waals surface area contributed by atoms with Gasteiger partial charge in [-0.25, -0.2) is 0 Å². The lowest BCUT2D eigenvalue weighted by Gasteiger charge is -2.58. The second-order valence-corrected chi connectivity index (χ2v) is 12.5. The van der Waals surface area contributed by atoms with Crippen LogP contribution in [0.25, 0.3) is 0 Å². The van der Waals surface area contributed by atoms with Crippen LogP contribution in [0.2, 0.25) is 0 Å². The maximum atomic E-state index is 12.5. The summed E-state index contributed by atoms with van der Waals surface area (Å²) in [5, 5.41) is 0. The molecule has 1 heterocycles. The number of thioether (sulfide) groups is 2. The summed E-state index contributed by atoms with van der Waals surface area (Å²) in [5.74, 6) is 5.59. The van der Waals surface area contributed by atoms with Gasteiger partial charge in [-0.15, -0.1) is 23.5 Å². The van der Waals surface area contributed by atoms with Crippen LogP contribution in [0.3, 0.4) is 0 Å². The average Bonchev–Trinajstić information content (AvgIpc) is 3.14. The molecule has 0 amide bonds. The van der Waals surface area contributed by atoms with Crippen LogP contribution in [-0.2, 0) is 4.79 Å². The van der Waals surface area contributed by atoms with E-state index >= 15 is 0 Å². The van der Waals surface area contributed by atoms with E-state index < -0.39 is 0 Å². The van der Waals surface area contributed by atoms with Gasteiger partial charge in [0.2, 0.25) is 0 Å². The van der Waals surface area contributed by atoms with Crippen LogP contribution in [0.4, 0.5) is 0 Å². The van der Waals surface area contributed by atoms with Gasteiger partial charge in [0.25, 0.3) is 0 Å². The van der Waals surface area contributed by atoms with Crippen molar-refractivity contribution in [2.24, 2.45) is 28.6 Å². The van der Waals surface area contributed by atoms with Crippen LogP contribution < -0.4 is 0 Å². The zero-order valence-corrected chi connectivity index (χ0v) is 16.7. The van der Waals surface area contributed by atoms with Gasteiger partial charge in [0, 0.05) is 23.3 Å². The molecule has 0 aromatic heterocycles. The summed E-state index contributed by atoms with van der Waals surface area (Å²) in [7, 11) is 0. The lowest BCUT2D eigenvalue weighted by molar-refractivity contribution is -0.132. The Morgan fingerprint density at radius 1 is 0.917 bits per heavy atom.